The minimum absolute atomic E-state index is 0.129. The van der Waals surface area contributed by atoms with Crippen LogP contribution in [0.2, 0.25) is 0 Å². The molecule has 3 atom stereocenters. The van der Waals surface area contributed by atoms with Crippen LogP contribution in [0.5, 0.6) is 0 Å². The average Bonchev–Trinajstić information content (AvgIpc) is 3.27. The van der Waals surface area contributed by atoms with Crippen molar-refractivity contribution in [2.24, 2.45) is 5.73 Å². The number of carbonyl (C=O) groups is 6. The smallest absolute Gasteiger partial charge is 0.322 e. The lowest BCUT2D eigenvalue weighted by Crippen LogP contribution is -2.50. The van der Waals surface area contributed by atoms with Crippen molar-refractivity contribution in [2.75, 3.05) is 17.2 Å². The highest BCUT2D eigenvalue weighted by Gasteiger charge is 2.41. The van der Waals surface area contributed by atoms with Crippen LogP contribution in [0.1, 0.15) is 19.3 Å². The van der Waals surface area contributed by atoms with Gasteiger partial charge in [-0.2, -0.15) is 0 Å². The molecule has 4 aromatic rings. The molecular weight excluding hydrogens is 576 g/mol. The fourth-order valence-corrected chi connectivity index (χ4v) is 6.43. The zero-order valence-electron chi connectivity index (χ0n) is 22.7. The summed E-state index contributed by atoms with van der Waals surface area (Å²) in [5.41, 5.74) is 5.90. The van der Waals surface area contributed by atoms with Gasteiger partial charge in [-0.3, -0.25) is 28.8 Å². The minimum atomic E-state index is -1.29. The molecule has 0 bridgehead atoms. The Labute approximate surface area is 248 Å². The predicted molar refractivity (Wildman–Crippen MR) is 161 cm³/mol. The molecule has 5 rings (SSSR count). The standard InChI is InChI=1S/C30H28N4O8S/c31-19(30(41)42)9-11-23(35)33-20(28(39)32-13-25(37)38)14-43-22-12-24(36)34(29(22)40)21-10-7-17-5-4-15-2-1-3-16-6-8-18(21)27(17)26(15)16/h1-8,10,19-20,22H,9,11-14,31H2,(H,32,39)(H,33,35)(H,37,38)(H,41,42). The fraction of sp³-hybridized carbons (Fsp3) is 0.267. The van der Waals surface area contributed by atoms with Gasteiger partial charge in [-0.1, -0.05) is 48.5 Å². The van der Waals surface area contributed by atoms with Crippen molar-refractivity contribution in [1.29, 1.82) is 0 Å². The fourth-order valence-electron chi connectivity index (χ4n) is 5.26. The van der Waals surface area contributed by atoms with Crippen LogP contribution in [-0.2, 0) is 28.8 Å². The van der Waals surface area contributed by atoms with Crippen molar-refractivity contribution < 1.29 is 39.0 Å². The molecule has 0 aromatic heterocycles. The van der Waals surface area contributed by atoms with Gasteiger partial charge in [-0.05, 0) is 39.4 Å². The van der Waals surface area contributed by atoms with Crippen molar-refractivity contribution in [3.63, 3.8) is 0 Å². The number of rotatable bonds is 12. The first-order valence-electron chi connectivity index (χ1n) is 13.5. The molecule has 1 aliphatic heterocycles. The zero-order valence-corrected chi connectivity index (χ0v) is 23.6. The Balaban J connectivity index is 1.34. The highest BCUT2D eigenvalue weighted by atomic mass is 32.2. The molecule has 43 heavy (non-hydrogen) atoms. The SMILES string of the molecule is NC(CCC(=O)NC(CSC1CC(=O)N(c2ccc3ccc4cccc5ccc2c3c45)C1=O)C(=O)NCC(=O)O)C(=O)O. The maximum atomic E-state index is 13.6. The van der Waals surface area contributed by atoms with E-state index in [9.17, 15) is 28.8 Å². The van der Waals surface area contributed by atoms with Crippen LogP contribution in [0.15, 0.2) is 54.6 Å². The number of aliphatic carboxylic acids is 2. The van der Waals surface area contributed by atoms with E-state index in [1.807, 2.05) is 48.5 Å². The van der Waals surface area contributed by atoms with Gasteiger partial charge in [0.05, 0.1) is 10.9 Å². The Bertz CT molecular complexity index is 1760. The summed E-state index contributed by atoms with van der Waals surface area (Å²) >= 11 is 0.996. The Morgan fingerprint density at radius 1 is 0.953 bits per heavy atom. The molecule has 1 heterocycles. The molecule has 0 saturated carbocycles. The van der Waals surface area contributed by atoms with Crippen LogP contribution >= 0.6 is 11.8 Å². The molecular formula is C30H28N4O8S. The van der Waals surface area contributed by atoms with Crippen molar-refractivity contribution in [1.82, 2.24) is 10.6 Å². The van der Waals surface area contributed by atoms with Gasteiger partial charge in [-0.25, -0.2) is 4.90 Å². The first-order valence-corrected chi connectivity index (χ1v) is 14.5. The molecule has 3 unspecified atom stereocenters. The van der Waals surface area contributed by atoms with Crippen LogP contribution in [0.3, 0.4) is 0 Å². The number of benzene rings is 4. The molecule has 0 radical (unpaired) electrons. The number of nitrogens with zero attached hydrogens (tertiary/aromatic N) is 1. The van der Waals surface area contributed by atoms with E-state index < -0.39 is 59.4 Å². The van der Waals surface area contributed by atoms with E-state index >= 15 is 0 Å². The molecule has 0 spiro atoms. The van der Waals surface area contributed by atoms with Crippen molar-refractivity contribution >= 4 is 85.3 Å². The summed E-state index contributed by atoms with van der Waals surface area (Å²) in [7, 11) is 0. The summed E-state index contributed by atoms with van der Waals surface area (Å²) in [6.45, 7) is -0.691. The van der Waals surface area contributed by atoms with Crippen LogP contribution in [0.25, 0.3) is 32.3 Å². The Morgan fingerprint density at radius 2 is 1.60 bits per heavy atom. The van der Waals surface area contributed by atoms with E-state index in [4.69, 9.17) is 15.9 Å². The summed E-state index contributed by atoms with van der Waals surface area (Å²) in [5, 5.41) is 27.5. The highest BCUT2D eigenvalue weighted by molar-refractivity contribution is 8.00. The number of anilines is 1. The predicted octanol–water partition coefficient (Wildman–Crippen LogP) is 1.83. The number of carbonyl (C=O) groups excluding carboxylic acids is 4. The number of carboxylic acid groups (broad SMARTS) is 2. The second-order valence-electron chi connectivity index (χ2n) is 10.2. The molecule has 222 valence electrons. The molecule has 0 aliphatic carbocycles. The van der Waals surface area contributed by atoms with E-state index in [2.05, 4.69) is 10.6 Å². The first kappa shape index (κ1) is 29.7. The number of hydrogen-bond donors (Lipinski definition) is 5. The normalized spacial score (nSPS) is 16.6. The summed E-state index contributed by atoms with van der Waals surface area (Å²) in [6.07, 6.45) is -0.595. The lowest BCUT2D eigenvalue weighted by molar-refractivity contribution is -0.139. The quantitative estimate of drug-likeness (QED) is 0.118. The molecule has 12 nitrogen and oxygen atoms in total. The highest BCUT2D eigenvalue weighted by Crippen LogP contribution is 2.41. The number of carboxylic acids is 2. The maximum absolute atomic E-state index is 13.6. The number of thioether (sulfide) groups is 1. The van der Waals surface area contributed by atoms with Gasteiger partial charge in [0.15, 0.2) is 0 Å². The maximum Gasteiger partial charge on any atom is 0.322 e. The van der Waals surface area contributed by atoms with Gasteiger partial charge in [0.2, 0.25) is 23.6 Å². The molecule has 4 amide bonds. The summed E-state index contributed by atoms with van der Waals surface area (Å²) in [4.78, 5) is 75.0. The van der Waals surface area contributed by atoms with Gasteiger partial charge in [0.25, 0.3) is 0 Å². The molecule has 4 aromatic carbocycles. The van der Waals surface area contributed by atoms with Gasteiger partial charge in [-0.15, -0.1) is 11.8 Å². The third-order valence-electron chi connectivity index (χ3n) is 7.38. The summed E-state index contributed by atoms with van der Waals surface area (Å²) < 4.78 is 0. The molecule has 6 N–H and O–H groups in total. The summed E-state index contributed by atoms with van der Waals surface area (Å²) in [5.74, 6) is -5.05. The van der Waals surface area contributed by atoms with E-state index in [0.29, 0.717) is 5.69 Å². The number of nitrogens with two attached hydrogens (primary N) is 1. The van der Waals surface area contributed by atoms with Gasteiger partial charge in [0.1, 0.15) is 18.6 Å². The Morgan fingerprint density at radius 3 is 2.28 bits per heavy atom. The minimum Gasteiger partial charge on any atom is -0.480 e. The van der Waals surface area contributed by atoms with Crippen molar-refractivity contribution in [2.45, 2.75) is 36.6 Å². The monoisotopic (exact) mass is 604 g/mol. The van der Waals surface area contributed by atoms with E-state index in [0.717, 1.165) is 49.0 Å². The van der Waals surface area contributed by atoms with Gasteiger partial charge < -0.3 is 26.6 Å². The van der Waals surface area contributed by atoms with Crippen LogP contribution < -0.4 is 21.3 Å². The summed E-state index contributed by atoms with van der Waals surface area (Å²) in [6, 6.07) is 15.0. The van der Waals surface area contributed by atoms with E-state index in [1.165, 1.54) is 0 Å². The largest absolute Gasteiger partial charge is 0.480 e. The molecule has 1 fully saturated rings. The topological polar surface area (TPSA) is 196 Å². The second-order valence-corrected chi connectivity index (χ2v) is 11.5. The lowest BCUT2D eigenvalue weighted by Gasteiger charge is -2.21. The first-order chi connectivity index (χ1) is 20.5. The molecule has 13 heteroatoms. The van der Waals surface area contributed by atoms with Crippen LogP contribution in [0, 0.1) is 0 Å². The Kier molecular flexibility index (Phi) is 8.46. The number of hydrogen-bond acceptors (Lipinski definition) is 8. The van der Waals surface area contributed by atoms with Gasteiger partial charge in [0, 0.05) is 24.0 Å². The third kappa shape index (κ3) is 6.08. The second kappa shape index (κ2) is 12.2. The third-order valence-corrected chi connectivity index (χ3v) is 8.68. The average molecular weight is 605 g/mol. The number of amides is 4. The van der Waals surface area contributed by atoms with E-state index in [1.54, 1.807) is 6.07 Å². The van der Waals surface area contributed by atoms with Crippen LogP contribution in [-0.4, -0.2) is 75.4 Å². The van der Waals surface area contributed by atoms with Crippen molar-refractivity contribution in [3.05, 3.63) is 54.6 Å². The molecule has 1 aliphatic rings. The van der Waals surface area contributed by atoms with Crippen molar-refractivity contribution in [3.8, 4) is 0 Å². The number of imide groups is 1. The van der Waals surface area contributed by atoms with Gasteiger partial charge >= 0.3 is 11.9 Å². The van der Waals surface area contributed by atoms with Crippen LogP contribution in [0.4, 0.5) is 5.69 Å². The number of nitrogens with one attached hydrogen (secondary N) is 2. The molecule has 1 saturated heterocycles. The van der Waals surface area contributed by atoms with E-state index in [-0.39, 0.29) is 25.0 Å². The zero-order chi connectivity index (χ0) is 30.8. The lowest BCUT2D eigenvalue weighted by atomic mass is 9.93. The Hall–Kier alpha value is -4.75.